The first-order valence-corrected chi connectivity index (χ1v) is 6.72. The Morgan fingerprint density at radius 2 is 2.16 bits per heavy atom. The average Bonchev–Trinajstić information content (AvgIpc) is 2.63. The van der Waals surface area contributed by atoms with Crippen molar-refractivity contribution in [2.45, 2.75) is 39.1 Å². The maximum Gasteiger partial charge on any atom is 0.338 e. The Morgan fingerprint density at radius 1 is 1.47 bits per heavy atom. The van der Waals surface area contributed by atoms with Crippen molar-refractivity contribution in [2.24, 2.45) is 0 Å². The van der Waals surface area contributed by atoms with Crippen molar-refractivity contribution < 1.29 is 14.2 Å². The van der Waals surface area contributed by atoms with Gasteiger partial charge in [-0.05, 0) is 32.2 Å². The summed E-state index contributed by atoms with van der Waals surface area (Å²) < 4.78 is 10.9. The molecule has 0 saturated carbocycles. The minimum atomic E-state index is -0.287. The first-order valence-electron chi connectivity index (χ1n) is 6.72. The monoisotopic (exact) mass is 258 g/mol. The van der Waals surface area contributed by atoms with Crippen LogP contribution in [0.2, 0.25) is 5.82 Å². The van der Waals surface area contributed by atoms with E-state index in [-0.39, 0.29) is 18.4 Å². The van der Waals surface area contributed by atoms with Crippen LogP contribution in [0, 0.1) is 6.92 Å². The Morgan fingerprint density at radius 3 is 2.68 bits per heavy atom. The molecule has 19 heavy (non-hydrogen) atoms. The SMILES string of the molecule is COC(=O)c1cc(B2BC(C)C(C)(C)O2)ccc1C. The van der Waals surface area contributed by atoms with Gasteiger partial charge >= 0.3 is 5.97 Å². The number of ether oxygens (including phenoxy) is 1. The molecule has 1 aliphatic rings. The van der Waals surface area contributed by atoms with Gasteiger partial charge in [-0.15, -0.1) is 0 Å². The van der Waals surface area contributed by atoms with E-state index >= 15 is 0 Å². The van der Waals surface area contributed by atoms with Crippen molar-refractivity contribution in [1.29, 1.82) is 0 Å². The normalized spacial score (nSPS) is 21.1. The van der Waals surface area contributed by atoms with Crippen LogP contribution in [-0.2, 0) is 9.39 Å². The molecule has 5 heteroatoms. The molecule has 1 saturated heterocycles. The summed E-state index contributed by atoms with van der Waals surface area (Å²) in [5.74, 6) is 0.213. The van der Waals surface area contributed by atoms with Crippen LogP contribution in [0.5, 0.6) is 0 Å². The van der Waals surface area contributed by atoms with Gasteiger partial charge in [0.25, 0.3) is 6.81 Å². The lowest BCUT2D eigenvalue weighted by Gasteiger charge is -2.25. The van der Waals surface area contributed by atoms with Gasteiger partial charge in [0.2, 0.25) is 0 Å². The largest absolute Gasteiger partial charge is 0.465 e. The second-order valence-corrected chi connectivity index (χ2v) is 5.91. The van der Waals surface area contributed by atoms with E-state index in [2.05, 4.69) is 20.8 Å². The van der Waals surface area contributed by atoms with Gasteiger partial charge in [-0.2, -0.15) is 0 Å². The summed E-state index contributed by atoms with van der Waals surface area (Å²) >= 11 is 0. The second-order valence-electron chi connectivity index (χ2n) is 5.91. The maximum atomic E-state index is 11.7. The second kappa shape index (κ2) is 5.04. The molecule has 1 aromatic rings. The number of carbonyl (C=O) groups is 1. The number of hydrogen-bond acceptors (Lipinski definition) is 3. The molecule has 0 radical (unpaired) electrons. The Kier molecular flexibility index (Phi) is 3.77. The molecule has 0 N–H and O–H groups in total. The van der Waals surface area contributed by atoms with Crippen LogP contribution < -0.4 is 5.46 Å². The average molecular weight is 258 g/mol. The highest BCUT2D eigenvalue weighted by Gasteiger charge is 2.42. The van der Waals surface area contributed by atoms with E-state index in [4.69, 9.17) is 9.39 Å². The number of methoxy groups -OCH3 is 1. The molecule has 1 aromatic carbocycles. The van der Waals surface area contributed by atoms with Gasteiger partial charge in [0, 0.05) is 5.60 Å². The standard InChI is InChI=1S/C14H20B2O3/c1-9-6-7-11(8-12(9)13(17)18-5)16-15-10(2)14(3,4)19-16/h6-8,10,15H,1-5H3. The van der Waals surface area contributed by atoms with Crippen LogP contribution in [0.4, 0.5) is 0 Å². The third-order valence-corrected chi connectivity index (χ3v) is 4.24. The summed E-state index contributed by atoms with van der Waals surface area (Å²) in [6, 6.07) is 5.90. The molecule has 1 atom stereocenters. The first-order chi connectivity index (χ1) is 8.85. The molecule has 3 nitrogen and oxygen atoms in total. The van der Waals surface area contributed by atoms with E-state index in [0.29, 0.717) is 11.4 Å². The predicted molar refractivity (Wildman–Crippen MR) is 79.6 cm³/mol. The number of rotatable bonds is 2. The molecule has 1 heterocycles. The number of carbonyl (C=O) groups excluding carboxylic acids is 1. The Balaban J connectivity index is 2.30. The molecule has 0 bridgehead atoms. The van der Waals surface area contributed by atoms with Crippen molar-refractivity contribution in [3.05, 3.63) is 29.3 Å². The van der Waals surface area contributed by atoms with Crippen molar-refractivity contribution in [3.63, 3.8) is 0 Å². The lowest BCUT2D eigenvalue weighted by Crippen LogP contribution is -2.37. The van der Waals surface area contributed by atoms with Gasteiger partial charge in [-0.25, -0.2) is 4.79 Å². The molecule has 100 valence electrons. The molecule has 2 rings (SSSR count). The molecule has 1 fully saturated rings. The molecular weight excluding hydrogens is 238 g/mol. The van der Waals surface area contributed by atoms with Crippen molar-refractivity contribution in [3.8, 4) is 0 Å². The number of esters is 1. The molecule has 0 aromatic heterocycles. The van der Waals surface area contributed by atoms with Gasteiger partial charge in [0.15, 0.2) is 0 Å². The molecule has 1 unspecified atom stereocenters. The zero-order valence-electron chi connectivity index (χ0n) is 12.3. The van der Waals surface area contributed by atoms with Gasteiger partial charge in [-0.1, -0.05) is 30.6 Å². The van der Waals surface area contributed by atoms with E-state index in [1.807, 2.05) is 25.1 Å². The van der Waals surface area contributed by atoms with Gasteiger partial charge < -0.3 is 9.39 Å². The Hall–Kier alpha value is -1.22. The van der Waals surface area contributed by atoms with Gasteiger partial charge in [-0.3, -0.25) is 0 Å². The van der Waals surface area contributed by atoms with E-state index in [1.165, 1.54) is 7.11 Å². The van der Waals surface area contributed by atoms with Crippen LogP contribution in [0.15, 0.2) is 18.2 Å². The lowest BCUT2D eigenvalue weighted by atomic mass is 9.27. The van der Waals surface area contributed by atoms with Crippen LogP contribution in [0.1, 0.15) is 36.7 Å². The van der Waals surface area contributed by atoms with Gasteiger partial charge in [0.05, 0.1) is 12.7 Å². The van der Waals surface area contributed by atoms with E-state index in [1.54, 1.807) is 0 Å². The number of benzene rings is 1. The number of aryl methyl sites for hydroxylation is 1. The van der Waals surface area contributed by atoms with Crippen molar-refractivity contribution in [2.75, 3.05) is 7.11 Å². The highest BCUT2D eigenvalue weighted by molar-refractivity contribution is 7.17. The summed E-state index contributed by atoms with van der Waals surface area (Å²) in [7, 11) is 2.39. The fourth-order valence-electron chi connectivity index (χ4n) is 2.51. The molecule has 0 spiro atoms. The fourth-order valence-corrected chi connectivity index (χ4v) is 2.51. The smallest absolute Gasteiger partial charge is 0.338 e. The van der Waals surface area contributed by atoms with E-state index in [9.17, 15) is 4.79 Å². The lowest BCUT2D eigenvalue weighted by molar-refractivity contribution is 0.0600. The topological polar surface area (TPSA) is 35.5 Å². The minimum Gasteiger partial charge on any atom is -0.465 e. The van der Waals surface area contributed by atoms with E-state index in [0.717, 1.165) is 18.2 Å². The van der Waals surface area contributed by atoms with Crippen molar-refractivity contribution in [1.82, 2.24) is 0 Å². The van der Waals surface area contributed by atoms with E-state index < -0.39 is 0 Å². The summed E-state index contributed by atoms with van der Waals surface area (Å²) in [6.07, 6.45) is 0. The highest BCUT2D eigenvalue weighted by atomic mass is 16.5. The molecule has 1 aliphatic heterocycles. The quantitative estimate of drug-likeness (QED) is 0.596. The van der Waals surface area contributed by atoms with Crippen LogP contribution >= 0.6 is 0 Å². The summed E-state index contributed by atoms with van der Waals surface area (Å²) in [5, 5.41) is 0. The van der Waals surface area contributed by atoms with Crippen molar-refractivity contribution >= 4 is 25.4 Å². The summed E-state index contributed by atoms with van der Waals surface area (Å²) in [4.78, 5) is 11.7. The fraction of sp³-hybridized carbons (Fsp3) is 0.500. The zero-order chi connectivity index (χ0) is 14.2. The maximum absolute atomic E-state index is 11.7. The minimum absolute atomic E-state index is 0.0639. The first kappa shape index (κ1) is 14.2. The predicted octanol–water partition coefficient (Wildman–Crippen LogP) is 1.53. The Bertz CT molecular complexity index is 499. The third-order valence-electron chi connectivity index (χ3n) is 4.24. The van der Waals surface area contributed by atoms with Gasteiger partial charge in [0.1, 0.15) is 7.17 Å². The van der Waals surface area contributed by atoms with Crippen LogP contribution in [0.25, 0.3) is 0 Å². The zero-order valence-corrected chi connectivity index (χ0v) is 12.3. The molecular formula is C14H20B2O3. The summed E-state index contributed by atoms with van der Waals surface area (Å²) in [6.45, 7) is 8.42. The Labute approximate surface area is 116 Å². The summed E-state index contributed by atoms with van der Waals surface area (Å²) in [5.41, 5.74) is 2.51. The number of hydrogen-bond donors (Lipinski definition) is 0. The van der Waals surface area contributed by atoms with Crippen LogP contribution in [0.3, 0.4) is 0 Å². The highest BCUT2D eigenvalue weighted by Crippen LogP contribution is 2.32. The third kappa shape index (κ3) is 2.71. The van der Waals surface area contributed by atoms with Crippen LogP contribution in [-0.4, -0.2) is 32.7 Å². The molecule has 0 amide bonds. The molecule has 0 aliphatic carbocycles.